The van der Waals surface area contributed by atoms with Crippen molar-refractivity contribution in [1.29, 1.82) is 5.26 Å². The molecular formula is C33H37N7O. The van der Waals surface area contributed by atoms with Gasteiger partial charge in [-0.3, -0.25) is 9.69 Å². The third-order valence-corrected chi connectivity index (χ3v) is 8.69. The largest absolute Gasteiger partial charge is 0.368 e. The lowest BCUT2D eigenvalue weighted by Gasteiger charge is -2.41. The molecule has 1 atom stereocenters. The number of aryl methyl sites for hydroxylation is 2. The molecule has 2 fully saturated rings. The average molecular weight is 548 g/mol. The van der Waals surface area contributed by atoms with E-state index in [1.165, 1.54) is 11.1 Å². The smallest absolute Gasteiger partial charge is 0.254 e. The van der Waals surface area contributed by atoms with Crippen molar-refractivity contribution in [3.63, 3.8) is 0 Å². The van der Waals surface area contributed by atoms with E-state index in [2.05, 4.69) is 62.8 Å². The van der Waals surface area contributed by atoms with Crippen LogP contribution in [0.3, 0.4) is 0 Å². The lowest BCUT2D eigenvalue weighted by atomic mass is 9.97. The zero-order valence-corrected chi connectivity index (χ0v) is 24.1. The van der Waals surface area contributed by atoms with E-state index in [-0.39, 0.29) is 11.9 Å². The first-order chi connectivity index (χ1) is 19.9. The van der Waals surface area contributed by atoms with E-state index >= 15 is 0 Å². The Morgan fingerprint density at radius 2 is 1.78 bits per heavy atom. The van der Waals surface area contributed by atoms with Crippen molar-refractivity contribution in [2.24, 2.45) is 0 Å². The number of para-hydroxylation sites is 1. The number of nitriles is 1. The molecule has 8 nitrogen and oxygen atoms in total. The van der Waals surface area contributed by atoms with Gasteiger partial charge < -0.3 is 19.7 Å². The monoisotopic (exact) mass is 547 g/mol. The Kier molecular flexibility index (Phi) is 7.38. The van der Waals surface area contributed by atoms with Crippen LogP contribution >= 0.6 is 0 Å². The second-order valence-electron chi connectivity index (χ2n) is 11.4. The minimum atomic E-state index is 0.0665. The van der Waals surface area contributed by atoms with Gasteiger partial charge in [0, 0.05) is 81.7 Å². The van der Waals surface area contributed by atoms with Gasteiger partial charge in [-0.2, -0.15) is 5.26 Å². The molecule has 2 aliphatic heterocycles. The number of hydrogen-bond acceptors (Lipinski definition) is 6. The highest BCUT2D eigenvalue weighted by Crippen LogP contribution is 2.27. The molecule has 0 aliphatic carbocycles. The van der Waals surface area contributed by atoms with Crippen molar-refractivity contribution in [2.75, 3.05) is 55.6 Å². The highest BCUT2D eigenvalue weighted by atomic mass is 16.2. The molecule has 4 aromatic rings. The SMILES string of the molecule is Cc1cc(C)c(C(=O)N2CCN(c3nccc4cc[nH]c34)C[C@H]2C)cc1CN1CCN(c2ccccc2C#N)CC1. The zero-order chi connectivity index (χ0) is 28.5. The van der Waals surface area contributed by atoms with Crippen molar-refractivity contribution in [3.8, 4) is 6.07 Å². The van der Waals surface area contributed by atoms with Crippen molar-refractivity contribution in [2.45, 2.75) is 33.4 Å². The molecule has 2 aromatic carbocycles. The van der Waals surface area contributed by atoms with Crippen molar-refractivity contribution < 1.29 is 4.79 Å². The number of fused-ring (bicyclic) bond motifs is 1. The van der Waals surface area contributed by atoms with E-state index < -0.39 is 0 Å². The van der Waals surface area contributed by atoms with Crippen LogP contribution < -0.4 is 9.80 Å². The number of benzene rings is 2. The van der Waals surface area contributed by atoms with Gasteiger partial charge in [-0.25, -0.2) is 4.98 Å². The Morgan fingerprint density at radius 3 is 2.56 bits per heavy atom. The molecule has 0 bridgehead atoms. The van der Waals surface area contributed by atoms with E-state index in [1.54, 1.807) is 0 Å². The van der Waals surface area contributed by atoms with Crippen LogP contribution in [0.15, 0.2) is 60.9 Å². The number of carbonyl (C=O) groups is 1. The van der Waals surface area contributed by atoms with Gasteiger partial charge in [-0.1, -0.05) is 18.2 Å². The van der Waals surface area contributed by atoms with Crippen molar-refractivity contribution in [1.82, 2.24) is 19.8 Å². The third kappa shape index (κ3) is 5.25. The van der Waals surface area contributed by atoms with E-state index in [4.69, 9.17) is 0 Å². The topological polar surface area (TPSA) is 82.5 Å². The van der Waals surface area contributed by atoms with Crippen LogP contribution in [-0.2, 0) is 6.54 Å². The number of carbonyl (C=O) groups excluding carboxylic acids is 1. The zero-order valence-electron chi connectivity index (χ0n) is 24.1. The molecule has 1 amide bonds. The van der Waals surface area contributed by atoms with Gasteiger partial charge in [0.05, 0.1) is 16.8 Å². The first-order valence-electron chi connectivity index (χ1n) is 14.5. The van der Waals surface area contributed by atoms with Crippen LogP contribution in [0.2, 0.25) is 0 Å². The number of anilines is 2. The fraction of sp³-hybridized carbons (Fsp3) is 0.364. The summed E-state index contributed by atoms with van der Waals surface area (Å²) in [5.74, 6) is 1.07. The second kappa shape index (κ2) is 11.3. The van der Waals surface area contributed by atoms with E-state index in [9.17, 15) is 10.1 Å². The summed E-state index contributed by atoms with van der Waals surface area (Å²) in [5, 5.41) is 10.7. The maximum atomic E-state index is 13.9. The van der Waals surface area contributed by atoms with Gasteiger partial charge in [0.15, 0.2) is 5.82 Å². The predicted octanol–water partition coefficient (Wildman–Crippen LogP) is 4.72. The molecule has 1 N–H and O–H groups in total. The molecule has 0 unspecified atom stereocenters. The number of nitrogens with one attached hydrogen (secondary N) is 1. The summed E-state index contributed by atoms with van der Waals surface area (Å²) >= 11 is 0. The van der Waals surface area contributed by atoms with E-state index in [1.807, 2.05) is 54.5 Å². The van der Waals surface area contributed by atoms with Crippen LogP contribution in [0.5, 0.6) is 0 Å². The van der Waals surface area contributed by atoms with Crippen LogP contribution in [-0.4, -0.2) is 77.5 Å². The number of hydrogen-bond donors (Lipinski definition) is 1. The molecule has 2 saturated heterocycles. The standard InChI is InChI=1S/C33H37N7O/c1-23-18-24(2)29(19-28(23)22-37-12-14-38(15-13-37)30-7-5-4-6-27(30)20-34)33(41)40-17-16-39(21-25(40)3)32-31-26(8-10-35-31)9-11-36-32/h4-11,18-19,25,35H,12-17,21-22H2,1-3H3/t25-/m1/s1. The number of pyridine rings is 1. The van der Waals surface area contributed by atoms with Gasteiger partial charge in [0.2, 0.25) is 0 Å². The quantitative estimate of drug-likeness (QED) is 0.389. The number of H-pyrrole nitrogens is 1. The second-order valence-corrected chi connectivity index (χ2v) is 11.4. The van der Waals surface area contributed by atoms with Crippen molar-refractivity contribution in [3.05, 3.63) is 88.7 Å². The minimum Gasteiger partial charge on any atom is -0.368 e. The highest BCUT2D eigenvalue weighted by Gasteiger charge is 2.31. The molecule has 2 aromatic heterocycles. The summed E-state index contributed by atoms with van der Waals surface area (Å²) in [6.07, 6.45) is 3.81. The Labute approximate surface area is 241 Å². The van der Waals surface area contributed by atoms with Gasteiger partial charge in [0.25, 0.3) is 5.91 Å². The third-order valence-electron chi connectivity index (χ3n) is 8.69. The summed E-state index contributed by atoms with van der Waals surface area (Å²) in [6, 6.07) is 18.6. The summed E-state index contributed by atoms with van der Waals surface area (Å²) in [4.78, 5) is 30.9. The molecule has 0 saturated carbocycles. The number of nitrogens with zero attached hydrogens (tertiary/aromatic N) is 6. The van der Waals surface area contributed by atoms with Crippen LogP contribution in [0.1, 0.15) is 39.5 Å². The van der Waals surface area contributed by atoms with Gasteiger partial charge >= 0.3 is 0 Å². The molecule has 41 heavy (non-hydrogen) atoms. The Bertz CT molecular complexity index is 1610. The maximum Gasteiger partial charge on any atom is 0.254 e. The normalized spacial score (nSPS) is 18.1. The number of rotatable bonds is 5. The summed E-state index contributed by atoms with van der Waals surface area (Å²) in [5.41, 5.74) is 7.06. The van der Waals surface area contributed by atoms with E-state index in [0.29, 0.717) is 6.54 Å². The molecule has 2 aliphatic rings. The molecule has 6 rings (SSSR count). The van der Waals surface area contributed by atoms with Crippen LogP contribution in [0.4, 0.5) is 11.5 Å². The number of piperazine rings is 2. The van der Waals surface area contributed by atoms with Crippen molar-refractivity contribution >= 4 is 28.3 Å². The summed E-state index contributed by atoms with van der Waals surface area (Å²) in [6.45, 7) is 12.9. The first kappa shape index (κ1) is 26.9. The molecule has 0 spiro atoms. The van der Waals surface area contributed by atoms with Crippen LogP contribution in [0.25, 0.3) is 10.9 Å². The maximum absolute atomic E-state index is 13.9. The van der Waals surface area contributed by atoms with Gasteiger partial charge in [-0.15, -0.1) is 0 Å². The summed E-state index contributed by atoms with van der Waals surface area (Å²) in [7, 11) is 0. The van der Waals surface area contributed by atoms with Gasteiger partial charge in [0.1, 0.15) is 6.07 Å². The Morgan fingerprint density at radius 1 is 1.00 bits per heavy atom. The average Bonchev–Trinajstić information content (AvgIpc) is 3.48. The first-order valence-corrected chi connectivity index (χ1v) is 14.5. The molecule has 4 heterocycles. The van der Waals surface area contributed by atoms with Gasteiger partial charge in [-0.05, 0) is 67.8 Å². The fourth-order valence-electron chi connectivity index (χ4n) is 6.34. The van der Waals surface area contributed by atoms with E-state index in [0.717, 1.165) is 84.9 Å². The predicted molar refractivity (Wildman–Crippen MR) is 163 cm³/mol. The number of aromatic nitrogens is 2. The number of aromatic amines is 1. The highest BCUT2D eigenvalue weighted by molar-refractivity contribution is 5.96. The van der Waals surface area contributed by atoms with Crippen LogP contribution in [0, 0.1) is 25.2 Å². The molecular weight excluding hydrogens is 510 g/mol. The Hall–Kier alpha value is -4.35. The molecule has 8 heteroatoms. The molecule has 0 radical (unpaired) electrons. The number of amides is 1. The summed E-state index contributed by atoms with van der Waals surface area (Å²) < 4.78 is 0. The lowest BCUT2D eigenvalue weighted by molar-refractivity contribution is 0.0673. The Balaban J connectivity index is 1.13. The minimum absolute atomic E-state index is 0.0665. The molecule has 210 valence electrons. The lowest BCUT2D eigenvalue weighted by Crippen LogP contribution is -2.54. The fourth-order valence-corrected chi connectivity index (χ4v) is 6.34.